The van der Waals surface area contributed by atoms with Gasteiger partial charge in [-0.3, -0.25) is 14.4 Å². The molecule has 8 heteroatoms. The third-order valence-corrected chi connectivity index (χ3v) is 3.59. The van der Waals surface area contributed by atoms with Gasteiger partial charge in [-0.2, -0.15) is 0 Å². The molecule has 0 saturated carbocycles. The molecule has 0 aliphatic carbocycles. The third-order valence-electron chi connectivity index (χ3n) is 2.83. The summed E-state index contributed by atoms with van der Waals surface area (Å²) in [6.45, 7) is 1.99. The summed E-state index contributed by atoms with van der Waals surface area (Å²) in [6, 6.07) is 0. The van der Waals surface area contributed by atoms with Crippen LogP contribution in [0.25, 0.3) is 0 Å². The summed E-state index contributed by atoms with van der Waals surface area (Å²) in [4.78, 5) is 39.3. The Morgan fingerprint density at radius 2 is 2.26 bits per heavy atom. The minimum absolute atomic E-state index is 0.209. The summed E-state index contributed by atoms with van der Waals surface area (Å²) in [5, 5.41) is 13.3. The first-order valence-corrected chi connectivity index (χ1v) is 6.60. The third kappa shape index (κ3) is 3.08. The van der Waals surface area contributed by atoms with Crippen molar-refractivity contribution in [2.45, 2.75) is 13.3 Å². The van der Waals surface area contributed by atoms with E-state index in [0.29, 0.717) is 18.1 Å². The number of anilines is 1. The van der Waals surface area contributed by atoms with Gasteiger partial charge < -0.3 is 15.3 Å². The first kappa shape index (κ1) is 13.5. The lowest BCUT2D eigenvalue weighted by Crippen LogP contribution is -2.30. The quantitative estimate of drug-likeness (QED) is 0.848. The number of thiazole rings is 1. The molecule has 0 radical (unpaired) electrons. The van der Waals surface area contributed by atoms with E-state index in [2.05, 4.69) is 10.3 Å². The number of likely N-dealkylation sites (tertiary alicyclic amines) is 1. The second kappa shape index (κ2) is 5.35. The fourth-order valence-corrected chi connectivity index (χ4v) is 2.62. The molecule has 1 atom stereocenters. The number of carbonyl (C=O) groups excluding carboxylic acids is 2. The molecule has 1 fully saturated rings. The molecule has 1 aromatic heterocycles. The van der Waals surface area contributed by atoms with Gasteiger partial charge in [-0.1, -0.05) is 0 Å². The van der Waals surface area contributed by atoms with Gasteiger partial charge in [-0.15, -0.1) is 11.3 Å². The van der Waals surface area contributed by atoms with Gasteiger partial charge in [-0.05, 0) is 6.42 Å². The van der Waals surface area contributed by atoms with Crippen LogP contribution in [-0.4, -0.2) is 45.9 Å². The fraction of sp³-hybridized carbons (Fsp3) is 0.455. The Kier molecular flexibility index (Phi) is 3.79. The molecule has 1 aromatic rings. The highest BCUT2D eigenvalue weighted by Crippen LogP contribution is 2.21. The van der Waals surface area contributed by atoms with E-state index < -0.39 is 11.9 Å². The topological polar surface area (TPSA) is 99.6 Å². The van der Waals surface area contributed by atoms with E-state index in [-0.39, 0.29) is 24.1 Å². The molecular weight excluding hydrogens is 270 g/mol. The highest BCUT2D eigenvalue weighted by Gasteiger charge is 2.32. The van der Waals surface area contributed by atoms with Crippen molar-refractivity contribution in [1.29, 1.82) is 0 Å². The van der Waals surface area contributed by atoms with Crippen molar-refractivity contribution >= 4 is 34.3 Å². The molecule has 0 aromatic carbocycles. The summed E-state index contributed by atoms with van der Waals surface area (Å²) < 4.78 is 0. The van der Waals surface area contributed by atoms with Crippen molar-refractivity contribution < 1.29 is 19.5 Å². The number of amides is 2. The summed E-state index contributed by atoms with van der Waals surface area (Å²) >= 11 is 1.17. The Bertz CT molecular complexity index is 528. The molecule has 1 saturated heterocycles. The lowest BCUT2D eigenvalue weighted by atomic mass is 10.1. The van der Waals surface area contributed by atoms with Crippen LogP contribution in [0.1, 0.15) is 23.8 Å². The van der Waals surface area contributed by atoms with Crippen LogP contribution in [0.4, 0.5) is 5.13 Å². The fourth-order valence-electron chi connectivity index (χ4n) is 1.89. The first-order chi connectivity index (χ1) is 8.97. The van der Waals surface area contributed by atoms with Crippen LogP contribution in [0.2, 0.25) is 0 Å². The minimum atomic E-state index is -0.882. The average molecular weight is 283 g/mol. The van der Waals surface area contributed by atoms with Crippen LogP contribution in [0, 0.1) is 5.92 Å². The van der Waals surface area contributed by atoms with E-state index in [1.807, 2.05) is 0 Å². The SMILES string of the molecule is CC(=O)Nc1nc(C(=O)N2CCC(C(=O)O)C2)cs1. The maximum atomic E-state index is 12.1. The van der Waals surface area contributed by atoms with E-state index in [9.17, 15) is 14.4 Å². The largest absolute Gasteiger partial charge is 0.481 e. The number of hydrogen-bond acceptors (Lipinski definition) is 5. The number of carbonyl (C=O) groups is 3. The molecule has 2 amide bonds. The van der Waals surface area contributed by atoms with E-state index in [1.54, 1.807) is 5.38 Å². The summed E-state index contributed by atoms with van der Waals surface area (Å²) in [5.41, 5.74) is 0.236. The van der Waals surface area contributed by atoms with Crippen molar-refractivity contribution in [3.8, 4) is 0 Å². The Morgan fingerprint density at radius 3 is 2.84 bits per heavy atom. The predicted octanol–water partition coefficient (Wildman–Crippen LogP) is 0.648. The molecule has 0 bridgehead atoms. The van der Waals surface area contributed by atoms with Gasteiger partial charge >= 0.3 is 5.97 Å². The highest BCUT2D eigenvalue weighted by atomic mass is 32.1. The molecule has 2 rings (SSSR count). The van der Waals surface area contributed by atoms with E-state index >= 15 is 0 Å². The lowest BCUT2D eigenvalue weighted by Gasteiger charge is -2.13. The zero-order valence-corrected chi connectivity index (χ0v) is 11.1. The number of nitrogens with zero attached hydrogens (tertiary/aromatic N) is 2. The summed E-state index contributed by atoms with van der Waals surface area (Å²) in [5.74, 6) is -1.93. The molecule has 19 heavy (non-hydrogen) atoms. The van der Waals surface area contributed by atoms with Crippen molar-refractivity contribution in [2.24, 2.45) is 5.92 Å². The van der Waals surface area contributed by atoms with E-state index in [4.69, 9.17) is 5.11 Å². The maximum absolute atomic E-state index is 12.1. The van der Waals surface area contributed by atoms with Gasteiger partial charge in [0.25, 0.3) is 5.91 Å². The summed E-state index contributed by atoms with van der Waals surface area (Å²) in [7, 11) is 0. The monoisotopic (exact) mass is 283 g/mol. The van der Waals surface area contributed by atoms with Gasteiger partial charge in [0.05, 0.1) is 5.92 Å². The Hall–Kier alpha value is -1.96. The van der Waals surface area contributed by atoms with E-state index in [0.717, 1.165) is 0 Å². The summed E-state index contributed by atoms with van der Waals surface area (Å²) in [6.07, 6.45) is 0.462. The van der Waals surface area contributed by atoms with Crippen LogP contribution in [0.3, 0.4) is 0 Å². The van der Waals surface area contributed by atoms with Crippen LogP contribution < -0.4 is 5.32 Å². The molecule has 1 unspecified atom stereocenters. The van der Waals surface area contributed by atoms with Crippen molar-refractivity contribution in [2.75, 3.05) is 18.4 Å². The van der Waals surface area contributed by atoms with Crippen LogP contribution in [0.5, 0.6) is 0 Å². The highest BCUT2D eigenvalue weighted by molar-refractivity contribution is 7.14. The maximum Gasteiger partial charge on any atom is 0.308 e. The molecule has 0 spiro atoms. The molecule has 1 aliphatic heterocycles. The van der Waals surface area contributed by atoms with Gasteiger partial charge in [0.1, 0.15) is 5.69 Å². The second-order valence-electron chi connectivity index (χ2n) is 4.29. The number of aliphatic carboxylic acids is 1. The number of carboxylic acids is 1. The number of hydrogen-bond donors (Lipinski definition) is 2. The normalized spacial score (nSPS) is 18.4. The van der Waals surface area contributed by atoms with Crippen molar-refractivity contribution in [3.63, 3.8) is 0 Å². The molecule has 102 valence electrons. The minimum Gasteiger partial charge on any atom is -0.481 e. The van der Waals surface area contributed by atoms with Gasteiger partial charge in [0.2, 0.25) is 5.91 Å². The number of aromatic nitrogens is 1. The molecule has 2 N–H and O–H groups in total. The van der Waals surface area contributed by atoms with Gasteiger partial charge in [0, 0.05) is 25.4 Å². The number of nitrogens with one attached hydrogen (secondary N) is 1. The van der Waals surface area contributed by atoms with Crippen LogP contribution >= 0.6 is 11.3 Å². The zero-order valence-electron chi connectivity index (χ0n) is 10.3. The Morgan fingerprint density at radius 1 is 1.53 bits per heavy atom. The Labute approximate surface area is 113 Å². The zero-order chi connectivity index (χ0) is 14.0. The van der Waals surface area contributed by atoms with Crippen molar-refractivity contribution in [3.05, 3.63) is 11.1 Å². The first-order valence-electron chi connectivity index (χ1n) is 5.72. The van der Waals surface area contributed by atoms with Crippen LogP contribution in [0.15, 0.2) is 5.38 Å². The van der Waals surface area contributed by atoms with E-state index in [1.165, 1.54) is 23.2 Å². The number of carboxylic acid groups (broad SMARTS) is 1. The van der Waals surface area contributed by atoms with Crippen LogP contribution in [-0.2, 0) is 9.59 Å². The molecule has 2 heterocycles. The lowest BCUT2D eigenvalue weighted by molar-refractivity contribution is -0.141. The standard InChI is InChI=1S/C11H13N3O4S/c1-6(15)12-11-13-8(5-19-11)9(16)14-3-2-7(4-14)10(17)18/h5,7H,2-4H2,1H3,(H,17,18)(H,12,13,15). The predicted molar refractivity (Wildman–Crippen MR) is 68.1 cm³/mol. The average Bonchev–Trinajstić information content (AvgIpc) is 2.95. The molecule has 1 aliphatic rings. The smallest absolute Gasteiger partial charge is 0.308 e. The number of rotatable bonds is 3. The van der Waals surface area contributed by atoms with Gasteiger partial charge in [0.15, 0.2) is 5.13 Å². The van der Waals surface area contributed by atoms with Crippen molar-refractivity contribution in [1.82, 2.24) is 9.88 Å². The molecule has 7 nitrogen and oxygen atoms in total. The van der Waals surface area contributed by atoms with Gasteiger partial charge in [-0.25, -0.2) is 4.98 Å². The Balaban J connectivity index is 2.02. The second-order valence-corrected chi connectivity index (χ2v) is 5.15. The molecular formula is C11H13N3O4S.